The number of benzene rings is 1. The highest BCUT2D eigenvalue weighted by Gasteiger charge is 2.25. The van der Waals surface area contributed by atoms with Crippen LogP contribution >= 0.6 is 11.3 Å². The Labute approximate surface area is 137 Å². The molecule has 8 heteroatoms. The monoisotopic (exact) mass is 332 g/mol. The third kappa shape index (κ3) is 3.48. The van der Waals surface area contributed by atoms with E-state index in [9.17, 15) is 9.59 Å². The Balaban J connectivity index is 1.75. The Morgan fingerprint density at radius 3 is 3.00 bits per heavy atom. The molecule has 0 saturated heterocycles. The van der Waals surface area contributed by atoms with Crippen LogP contribution in [-0.2, 0) is 16.0 Å². The molecule has 0 aliphatic carbocycles. The van der Waals surface area contributed by atoms with Crippen LogP contribution in [0.5, 0.6) is 5.75 Å². The van der Waals surface area contributed by atoms with Crippen molar-refractivity contribution < 1.29 is 14.3 Å². The van der Waals surface area contributed by atoms with Gasteiger partial charge in [-0.05, 0) is 18.6 Å². The van der Waals surface area contributed by atoms with Gasteiger partial charge in [-0.1, -0.05) is 30.4 Å². The van der Waals surface area contributed by atoms with Crippen molar-refractivity contribution in [2.45, 2.75) is 19.8 Å². The van der Waals surface area contributed by atoms with Crippen molar-refractivity contribution in [3.8, 4) is 5.75 Å². The topological polar surface area (TPSA) is 84.4 Å². The van der Waals surface area contributed by atoms with E-state index in [2.05, 4.69) is 15.5 Å². The van der Waals surface area contributed by atoms with E-state index in [1.165, 1.54) is 16.2 Å². The van der Waals surface area contributed by atoms with Gasteiger partial charge in [0.15, 0.2) is 0 Å². The first kappa shape index (κ1) is 15.4. The minimum atomic E-state index is -0.311. The molecule has 0 spiro atoms. The summed E-state index contributed by atoms with van der Waals surface area (Å²) in [4.78, 5) is 25.9. The third-order valence-corrected chi connectivity index (χ3v) is 4.33. The summed E-state index contributed by atoms with van der Waals surface area (Å²) < 4.78 is 5.55. The second kappa shape index (κ2) is 6.74. The van der Waals surface area contributed by atoms with Crippen LogP contribution < -0.4 is 15.0 Å². The number of ether oxygens (including phenoxy) is 1. The maximum atomic E-state index is 12.3. The Morgan fingerprint density at radius 2 is 2.22 bits per heavy atom. The van der Waals surface area contributed by atoms with Crippen molar-refractivity contribution in [3.05, 3.63) is 29.3 Å². The average Bonchev–Trinajstić information content (AvgIpc) is 2.94. The molecule has 0 atom stereocenters. The number of nitrogens with one attached hydrogen (secondary N) is 1. The number of nitrogens with zero attached hydrogens (tertiary/aromatic N) is 3. The molecule has 0 bridgehead atoms. The number of para-hydroxylation sites is 2. The van der Waals surface area contributed by atoms with E-state index in [0.29, 0.717) is 23.2 Å². The Bertz CT molecular complexity index is 731. The van der Waals surface area contributed by atoms with Crippen molar-refractivity contribution in [2.75, 3.05) is 23.4 Å². The summed E-state index contributed by atoms with van der Waals surface area (Å²) >= 11 is 1.33. The van der Waals surface area contributed by atoms with E-state index in [4.69, 9.17) is 4.74 Å². The fourth-order valence-electron chi connectivity index (χ4n) is 2.24. The van der Waals surface area contributed by atoms with Gasteiger partial charge in [0.2, 0.25) is 16.9 Å². The predicted octanol–water partition coefficient (Wildman–Crippen LogP) is 1.85. The molecular formula is C15H16N4O3S. The summed E-state index contributed by atoms with van der Waals surface area (Å²) in [5, 5.41) is 11.8. The molecule has 0 saturated carbocycles. The summed E-state index contributed by atoms with van der Waals surface area (Å²) in [6, 6.07) is 7.20. The molecule has 2 amide bonds. The van der Waals surface area contributed by atoms with Gasteiger partial charge in [0.05, 0.1) is 18.7 Å². The van der Waals surface area contributed by atoms with Crippen LogP contribution in [0.1, 0.15) is 18.4 Å². The maximum Gasteiger partial charge on any atom is 0.246 e. The van der Waals surface area contributed by atoms with E-state index in [0.717, 1.165) is 11.4 Å². The Morgan fingerprint density at radius 1 is 1.39 bits per heavy atom. The molecule has 2 heterocycles. The number of aryl methyl sites for hydroxylation is 1. The van der Waals surface area contributed by atoms with Gasteiger partial charge in [-0.25, -0.2) is 0 Å². The lowest BCUT2D eigenvalue weighted by Crippen LogP contribution is -2.37. The molecule has 2 aromatic rings. The van der Waals surface area contributed by atoms with Crippen molar-refractivity contribution in [2.24, 2.45) is 0 Å². The first-order valence-electron chi connectivity index (χ1n) is 7.32. The Kier molecular flexibility index (Phi) is 4.52. The zero-order valence-corrected chi connectivity index (χ0v) is 13.4. The third-order valence-electron chi connectivity index (χ3n) is 3.35. The molecule has 1 aliphatic rings. The van der Waals surface area contributed by atoms with E-state index in [1.54, 1.807) is 12.1 Å². The number of anilines is 2. The summed E-state index contributed by atoms with van der Waals surface area (Å²) in [5.74, 6) is 0.154. The average molecular weight is 332 g/mol. The predicted molar refractivity (Wildman–Crippen MR) is 86.8 cm³/mol. The van der Waals surface area contributed by atoms with Crippen molar-refractivity contribution in [3.63, 3.8) is 0 Å². The minimum Gasteiger partial charge on any atom is -0.491 e. The molecule has 1 N–H and O–H groups in total. The summed E-state index contributed by atoms with van der Waals surface area (Å²) in [5.41, 5.74) is 0.608. The highest BCUT2D eigenvalue weighted by Crippen LogP contribution is 2.30. The lowest BCUT2D eigenvalue weighted by atomic mass is 10.2. The first-order chi connectivity index (χ1) is 11.2. The number of carbonyl (C=O) groups excluding carboxylic acids is 2. The molecule has 1 aromatic carbocycles. The largest absolute Gasteiger partial charge is 0.491 e. The second-order valence-corrected chi connectivity index (χ2v) is 6.01. The van der Waals surface area contributed by atoms with Crippen molar-refractivity contribution >= 4 is 34.0 Å². The van der Waals surface area contributed by atoms with E-state index < -0.39 is 0 Å². The highest BCUT2D eigenvalue weighted by molar-refractivity contribution is 7.15. The number of fused-ring (bicyclic) bond motifs is 1. The van der Waals surface area contributed by atoms with Crippen LogP contribution in [0.3, 0.4) is 0 Å². The number of hydrogen-bond acceptors (Lipinski definition) is 6. The smallest absolute Gasteiger partial charge is 0.246 e. The molecular weight excluding hydrogens is 316 g/mol. The summed E-state index contributed by atoms with van der Waals surface area (Å²) in [6.45, 7) is 2.20. The van der Waals surface area contributed by atoms with Gasteiger partial charge >= 0.3 is 0 Å². The molecule has 3 rings (SSSR count). The minimum absolute atomic E-state index is 0.0831. The zero-order valence-electron chi connectivity index (χ0n) is 12.6. The van der Waals surface area contributed by atoms with Crippen molar-refractivity contribution in [1.82, 2.24) is 10.2 Å². The molecule has 120 valence electrons. The van der Waals surface area contributed by atoms with Crippen LogP contribution in [0.25, 0.3) is 0 Å². The summed E-state index contributed by atoms with van der Waals surface area (Å²) in [6.07, 6.45) is 1.00. The molecule has 0 fully saturated rings. The van der Waals surface area contributed by atoms with E-state index >= 15 is 0 Å². The van der Waals surface area contributed by atoms with Gasteiger partial charge < -0.3 is 4.74 Å². The van der Waals surface area contributed by atoms with E-state index in [-0.39, 0.29) is 24.8 Å². The number of hydrogen-bond donors (Lipinski definition) is 1. The van der Waals surface area contributed by atoms with Gasteiger partial charge in [0.1, 0.15) is 17.3 Å². The standard InChI is InChI=1S/C15H16N4O3S/c1-2-13-17-18-15(23-13)16-12(20)9-19-10-5-3-4-6-11(10)22-8-7-14(19)21/h3-6H,2,7-9H2,1H3,(H,16,18,20). The second-order valence-electron chi connectivity index (χ2n) is 4.95. The normalized spacial score (nSPS) is 14.0. The van der Waals surface area contributed by atoms with Crippen LogP contribution in [0, 0.1) is 0 Å². The molecule has 0 unspecified atom stereocenters. The van der Waals surface area contributed by atoms with Crippen LogP contribution in [-0.4, -0.2) is 35.2 Å². The fourth-order valence-corrected chi connectivity index (χ4v) is 2.94. The number of carbonyl (C=O) groups is 2. The lowest BCUT2D eigenvalue weighted by Gasteiger charge is -2.20. The SMILES string of the molecule is CCc1nnc(NC(=O)CN2C(=O)CCOc3ccccc32)s1. The van der Waals surface area contributed by atoms with Gasteiger partial charge in [0, 0.05) is 0 Å². The Hall–Kier alpha value is -2.48. The van der Waals surface area contributed by atoms with Gasteiger partial charge in [-0.15, -0.1) is 10.2 Å². The van der Waals surface area contributed by atoms with Gasteiger partial charge in [-0.2, -0.15) is 0 Å². The molecule has 1 aromatic heterocycles. The van der Waals surface area contributed by atoms with E-state index in [1.807, 2.05) is 19.1 Å². The molecule has 23 heavy (non-hydrogen) atoms. The highest BCUT2D eigenvalue weighted by atomic mass is 32.1. The lowest BCUT2D eigenvalue weighted by molar-refractivity contribution is -0.121. The van der Waals surface area contributed by atoms with Gasteiger partial charge in [-0.3, -0.25) is 19.8 Å². The van der Waals surface area contributed by atoms with Crippen LogP contribution in [0.4, 0.5) is 10.8 Å². The number of rotatable bonds is 4. The zero-order chi connectivity index (χ0) is 16.2. The summed E-state index contributed by atoms with van der Waals surface area (Å²) in [7, 11) is 0. The van der Waals surface area contributed by atoms with Crippen LogP contribution in [0.15, 0.2) is 24.3 Å². The molecule has 0 radical (unpaired) electrons. The fraction of sp³-hybridized carbons (Fsp3) is 0.333. The first-order valence-corrected chi connectivity index (χ1v) is 8.13. The number of aromatic nitrogens is 2. The quantitative estimate of drug-likeness (QED) is 0.924. The molecule has 1 aliphatic heterocycles. The maximum absolute atomic E-state index is 12.3. The number of amides is 2. The van der Waals surface area contributed by atoms with Gasteiger partial charge in [0.25, 0.3) is 0 Å². The van der Waals surface area contributed by atoms with Crippen molar-refractivity contribution in [1.29, 1.82) is 0 Å². The van der Waals surface area contributed by atoms with Crippen LogP contribution in [0.2, 0.25) is 0 Å². The molecule has 7 nitrogen and oxygen atoms in total.